The second kappa shape index (κ2) is 5.71. The van der Waals surface area contributed by atoms with E-state index in [1.807, 2.05) is 31.2 Å². The Labute approximate surface area is 113 Å². The van der Waals surface area contributed by atoms with Crippen LogP contribution in [0.4, 0.5) is 0 Å². The van der Waals surface area contributed by atoms with E-state index < -0.39 is 5.54 Å². The molecule has 1 atom stereocenters. The number of ether oxygens (including phenoxy) is 1. The van der Waals surface area contributed by atoms with Gasteiger partial charge in [-0.25, -0.2) is 0 Å². The summed E-state index contributed by atoms with van der Waals surface area (Å²) in [5.74, 6) is 0. The van der Waals surface area contributed by atoms with Crippen LogP contribution in [0.1, 0.15) is 12.5 Å². The monoisotopic (exact) mass is 264 g/mol. The minimum absolute atomic E-state index is 0.519. The molecule has 1 aromatic carbocycles. The molecule has 1 unspecified atom stereocenters. The predicted molar refractivity (Wildman–Crippen MR) is 71.6 cm³/mol. The van der Waals surface area contributed by atoms with Gasteiger partial charge in [-0.3, -0.25) is 4.90 Å². The van der Waals surface area contributed by atoms with E-state index in [1.165, 1.54) is 0 Å². The average Bonchev–Trinajstić information content (AvgIpc) is 2.42. The molecule has 1 heterocycles. The quantitative estimate of drug-likeness (QED) is 0.842. The Bertz CT molecular complexity index is 451. The number of morpholine rings is 1. The lowest BCUT2D eigenvalue weighted by Crippen LogP contribution is -2.52. The summed E-state index contributed by atoms with van der Waals surface area (Å²) in [5, 5.41) is 10.2. The topological polar surface area (TPSA) is 36.3 Å². The van der Waals surface area contributed by atoms with Crippen molar-refractivity contribution in [3.05, 3.63) is 34.9 Å². The van der Waals surface area contributed by atoms with Crippen molar-refractivity contribution in [1.29, 1.82) is 5.26 Å². The number of benzene rings is 1. The minimum Gasteiger partial charge on any atom is -0.379 e. The molecule has 0 saturated carbocycles. The van der Waals surface area contributed by atoms with Crippen LogP contribution in [0.15, 0.2) is 24.3 Å². The van der Waals surface area contributed by atoms with Gasteiger partial charge in [0.05, 0.1) is 19.3 Å². The first-order chi connectivity index (χ1) is 8.65. The first-order valence-electron chi connectivity index (χ1n) is 6.13. The van der Waals surface area contributed by atoms with E-state index in [0.29, 0.717) is 19.6 Å². The van der Waals surface area contributed by atoms with Gasteiger partial charge in [-0.2, -0.15) is 5.26 Å². The van der Waals surface area contributed by atoms with Crippen molar-refractivity contribution in [2.24, 2.45) is 0 Å². The molecule has 1 saturated heterocycles. The summed E-state index contributed by atoms with van der Waals surface area (Å²) in [6.07, 6.45) is 0.642. The van der Waals surface area contributed by atoms with Crippen molar-refractivity contribution in [2.75, 3.05) is 26.3 Å². The summed E-state index contributed by atoms with van der Waals surface area (Å²) in [4.78, 5) is 2.18. The third kappa shape index (κ3) is 2.84. The fourth-order valence-corrected chi connectivity index (χ4v) is 2.49. The molecule has 0 aromatic heterocycles. The number of hydrogen-bond acceptors (Lipinski definition) is 3. The minimum atomic E-state index is -0.519. The highest BCUT2D eigenvalue weighted by Gasteiger charge is 2.33. The van der Waals surface area contributed by atoms with Gasteiger partial charge in [0.15, 0.2) is 0 Å². The fourth-order valence-electron chi connectivity index (χ4n) is 2.29. The van der Waals surface area contributed by atoms with Gasteiger partial charge in [-0.05, 0) is 18.6 Å². The highest BCUT2D eigenvalue weighted by Crippen LogP contribution is 2.25. The molecule has 1 aliphatic heterocycles. The lowest BCUT2D eigenvalue weighted by Gasteiger charge is -2.38. The molecule has 0 spiro atoms. The van der Waals surface area contributed by atoms with Crippen molar-refractivity contribution >= 4 is 11.6 Å². The third-order valence-corrected chi connectivity index (χ3v) is 3.81. The van der Waals surface area contributed by atoms with Crippen LogP contribution in [-0.2, 0) is 11.2 Å². The Morgan fingerprint density at radius 3 is 2.67 bits per heavy atom. The molecule has 96 valence electrons. The molecule has 4 heteroatoms. The molecule has 1 aliphatic rings. The Balaban J connectivity index is 2.18. The summed E-state index contributed by atoms with van der Waals surface area (Å²) in [6.45, 7) is 4.96. The maximum absolute atomic E-state index is 9.51. The van der Waals surface area contributed by atoms with E-state index in [1.54, 1.807) is 0 Å². The van der Waals surface area contributed by atoms with Gasteiger partial charge in [0.25, 0.3) is 0 Å². The number of nitrogens with zero attached hydrogens (tertiary/aromatic N) is 2. The predicted octanol–water partition coefficient (Wildman–Crippen LogP) is 2.50. The van der Waals surface area contributed by atoms with Crippen LogP contribution < -0.4 is 0 Å². The molecular formula is C14H17ClN2O. The molecule has 1 fully saturated rings. The Kier molecular flexibility index (Phi) is 4.23. The molecule has 0 aliphatic carbocycles. The molecule has 2 rings (SSSR count). The lowest BCUT2D eigenvalue weighted by atomic mass is 9.92. The van der Waals surface area contributed by atoms with Gasteiger partial charge in [0.1, 0.15) is 5.54 Å². The van der Waals surface area contributed by atoms with Crippen molar-refractivity contribution in [3.8, 4) is 6.07 Å². The van der Waals surface area contributed by atoms with Crippen LogP contribution in [0, 0.1) is 11.3 Å². The molecule has 3 nitrogen and oxygen atoms in total. The number of nitriles is 1. The standard InChI is InChI=1S/C14H17ClN2O/c1-14(11-16,17-6-8-18-9-7-17)10-12-4-2-3-5-13(12)15/h2-5H,6-10H2,1H3. The van der Waals surface area contributed by atoms with Crippen molar-refractivity contribution in [2.45, 2.75) is 18.9 Å². The largest absolute Gasteiger partial charge is 0.379 e. The van der Waals surface area contributed by atoms with Crippen LogP contribution in [0.2, 0.25) is 5.02 Å². The van der Waals surface area contributed by atoms with Crippen LogP contribution >= 0.6 is 11.6 Å². The summed E-state index contributed by atoms with van der Waals surface area (Å²) in [5.41, 5.74) is 0.504. The normalized spacial score (nSPS) is 20.1. The molecule has 0 N–H and O–H groups in total. The molecule has 18 heavy (non-hydrogen) atoms. The second-order valence-electron chi connectivity index (χ2n) is 4.75. The van der Waals surface area contributed by atoms with Crippen LogP contribution in [0.25, 0.3) is 0 Å². The van der Waals surface area contributed by atoms with Gasteiger partial charge < -0.3 is 4.74 Å². The SMILES string of the molecule is CC(C#N)(Cc1ccccc1Cl)N1CCOCC1. The van der Waals surface area contributed by atoms with Crippen LogP contribution in [-0.4, -0.2) is 36.7 Å². The van der Waals surface area contributed by atoms with Gasteiger partial charge in [-0.15, -0.1) is 0 Å². The maximum atomic E-state index is 9.51. The maximum Gasteiger partial charge on any atom is 0.110 e. The molecule has 1 aromatic rings. The number of rotatable bonds is 3. The Hall–Kier alpha value is -1.08. The second-order valence-corrected chi connectivity index (χ2v) is 5.16. The lowest BCUT2D eigenvalue weighted by molar-refractivity contribution is 0.00189. The Morgan fingerprint density at radius 1 is 1.39 bits per heavy atom. The third-order valence-electron chi connectivity index (χ3n) is 3.44. The molecule has 0 radical (unpaired) electrons. The van der Waals surface area contributed by atoms with E-state index in [0.717, 1.165) is 23.7 Å². The summed E-state index contributed by atoms with van der Waals surface area (Å²) in [6, 6.07) is 10.2. The highest BCUT2D eigenvalue weighted by atomic mass is 35.5. The first kappa shape index (κ1) is 13.4. The molecule has 0 amide bonds. The van der Waals surface area contributed by atoms with E-state index in [9.17, 15) is 5.26 Å². The zero-order chi connectivity index (χ0) is 13.0. The smallest absolute Gasteiger partial charge is 0.110 e. The Morgan fingerprint density at radius 2 is 2.06 bits per heavy atom. The van der Waals surface area contributed by atoms with Crippen LogP contribution in [0.5, 0.6) is 0 Å². The molecular weight excluding hydrogens is 248 g/mol. The highest BCUT2D eigenvalue weighted by molar-refractivity contribution is 6.31. The van der Waals surface area contributed by atoms with Crippen molar-refractivity contribution in [3.63, 3.8) is 0 Å². The van der Waals surface area contributed by atoms with Gasteiger partial charge in [0.2, 0.25) is 0 Å². The fraction of sp³-hybridized carbons (Fsp3) is 0.500. The zero-order valence-corrected chi connectivity index (χ0v) is 11.3. The number of halogens is 1. The average molecular weight is 265 g/mol. The van der Waals surface area contributed by atoms with E-state index in [-0.39, 0.29) is 0 Å². The van der Waals surface area contributed by atoms with Crippen molar-refractivity contribution in [1.82, 2.24) is 4.90 Å². The van der Waals surface area contributed by atoms with E-state index >= 15 is 0 Å². The van der Waals surface area contributed by atoms with E-state index in [2.05, 4.69) is 11.0 Å². The van der Waals surface area contributed by atoms with E-state index in [4.69, 9.17) is 16.3 Å². The zero-order valence-electron chi connectivity index (χ0n) is 10.5. The van der Waals surface area contributed by atoms with Gasteiger partial charge >= 0.3 is 0 Å². The summed E-state index contributed by atoms with van der Waals surface area (Å²) >= 11 is 6.17. The van der Waals surface area contributed by atoms with Crippen molar-refractivity contribution < 1.29 is 4.74 Å². The number of hydrogen-bond donors (Lipinski definition) is 0. The van der Waals surface area contributed by atoms with Gasteiger partial charge in [0, 0.05) is 24.5 Å². The van der Waals surface area contributed by atoms with Crippen LogP contribution in [0.3, 0.4) is 0 Å². The van der Waals surface area contributed by atoms with Gasteiger partial charge in [-0.1, -0.05) is 29.8 Å². The summed E-state index contributed by atoms with van der Waals surface area (Å²) in [7, 11) is 0. The first-order valence-corrected chi connectivity index (χ1v) is 6.51. The molecule has 0 bridgehead atoms. The summed E-state index contributed by atoms with van der Waals surface area (Å²) < 4.78 is 5.34.